The van der Waals surface area contributed by atoms with Crippen LogP contribution in [0.2, 0.25) is 0 Å². The molecule has 2 heterocycles. The van der Waals surface area contributed by atoms with Crippen LogP contribution in [-0.4, -0.2) is 10.8 Å². The number of thiazole rings is 1. The number of halogens is 1. The largest absolute Gasteiger partial charge is 0.286 e. The maximum absolute atomic E-state index is 11.9. The Morgan fingerprint density at radius 1 is 1.43 bits per heavy atom. The lowest BCUT2D eigenvalue weighted by Crippen LogP contribution is -2.00. The molecule has 0 saturated heterocycles. The lowest BCUT2D eigenvalue weighted by molar-refractivity contribution is 0.103. The van der Waals surface area contributed by atoms with Gasteiger partial charge in [-0.05, 0) is 33.8 Å². The average Bonchev–Trinajstić information content (AvgIpc) is 2.73. The van der Waals surface area contributed by atoms with Crippen LogP contribution in [0.1, 0.15) is 20.9 Å². The number of hydrogen-bond acceptors (Lipinski definition) is 4. The van der Waals surface area contributed by atoms with E-state index in [1.54, 1.807) is 11.3 Å². The van der Waals surface area contributed by atoms with Gasteiger partial charge < -0.3 is 0 Å². The van der Waals surface area contributed by atoms with Gasteiger partial charge in [-0.25, -0.2) is 4.98 Å². The van der Waals surface area contributed by atoms with Crippen molar-refractivity contribution in [2.24, 2.45) is 0 Å². The molecule has 0 aliphatic rings. The summed E-state index contributed by atoms with van der Waals surface area (Å²) in [5, 5.41) is 6.19. The summed E-state index contributed by atoms with van der Waals surface area (Å²) in [7, 11) is 0. The molecule has 0 bridgehead atoms. The SMILES string of the molecule is Cc1cscc1C(=O)c1nc(Br)cs1. The Hall–Kier alpha value is -0.520. The maximum Gasteiger partial charge on any atom is 0.222 e. The Bertz CT molecular complexity index is 475. The van der Waals surface area contributed by atoms with Crippen LogP contribution in [0.3, 0.4) is 0 Å². The lowest BCUT2D eigenvalue weighted by atomic mass is 10.1. The highest BCUT2D eigenvalue weighted by atomic mass is 79.9. The van der Waals surface area contributed by atoms with Gasteiger partial charge in [0.25, 0.3) is 0 Å². The topological polar surface area (TPSA) is 30.0 Å². The molecule has 0 saturated carbocycles. The van der Waals surface area contributed by atoms with Crippen molar-refractivity contribution in [3.8, 4) is 0 Å². The van der Waals surface area contributed by atoms with E-state index in [2.05, 4.69) is 20.9 Å². The summed E-state index contributed by atoms with van der Waals surface area (Å²) in [5.74, 6) is 0.0134. The van der Waals surface area contributed by atoms with E-state index in [9.17, 15) is 4.79 Å². The minimum absolute atomic E-state index is 0.0134. The number of ketones is 1. The zero-order valence-electron chi connectivity index (χ0n) is 7.28. The molecule has 0 radical (unpaired) electrons. The molecule has 14 heavy (non-hydrogen) atoms. The molecule has 2 rings (SSSR count). The zero-order chi connectivity index (χ0) is 10.1. The van der Waals surface area contributed by atoms with Crippen LogP contribution in [0.5, 0.6) is 0 Å². The monoisotopic (exact) mass is 287 g/mol. The first-order chi connectivity index (χ1) is 6.68. The normalized spacial score (nSPS) is 10.4. The standard InChI is InChI=1S/C9H6BrNOS2/c1-5-2-13-3-6(5)8(12)9-11-7(10)4-14-9/h2-4H,1H3. The Kier molecular flexibility index (Phi) is 2.80. The van der Waals surface area contributed by atoms with Crippen molar-refractivity contribution in [1.29, 1.82) is 0 Å². The number of rotatable bonds is 2. The second-order valence-electron chi connectivity index (χ2n) is 2.77. The van der Waals surface area contributed by atoms with Crippen LogP contribution in [0.25, 0.3) is 0 Å². The molecule has 0 aromatic carbocycles. The van der Waals surface area contributed by atoms with Gasteiger partial charge in [0.05, 0.1) is 0 Å². The molecule has 0 fully saturated rings. The highest BCUT2D eigenvalue weighted by Gasteiger charge is 2.15. The fraction of sp³-hybridized carbons (Fsp3) is 0.111. The van der Waals surface area contributed by atoms with Crippen molar-refractivity contribution in [1.82, 2.24) is 4.98 Å². The summed E-state index contributed by atoms with van der Waals surface area (Å²) in [6, 6.07) is 0. The quantitative estimate of drug-likeness (QED) is 0.792. The molecule has 72 valence electrons. The molecule has 0 aliphatic carbocycles. The lowest BCUT2D eigenvalue weighted by Gasteiger charge is -1.93. The van der Waals surface area contributed by atoms with Crippen LogP contribution >= 0.6 is 38.6 Å². The van der Waals surface area contributed by atoms with E-state index in [4.69, 9.17) is 0 Å². The van der Waals surface area contributed by atoms with Crippen LogP contribution in [0, 0.1) is 6.92 Å². The molecule has 5 heteroatoms. The Morgan fingerprint density at radius 3 is 2.71 bits per heavy atom. The van der Waals surface area contributed by atoms with E-state index in [0.717, 1.165) is 15.7 Å². The molecule has 0 atom stereocenters. The van der Waals surface area contributed by atoms with E-state index in [1.807, 2.05) is 23.1 Å². The number of hydrogen-bond donors (Lipinski definition) is 0. The summed E-state index contributed by atoms with van der Waals surface area (Å²) in [6.45, 7) is 1.94. The number of carbonyl (C=O) groups excluding carboxylic acids is 1. The molecule has 2 aromatic rings. The third kappa shape index (κ3) is 1.80. The molecule has 0 spiro atoms. The summed E-state index contributed by atoms with van der Waals surface area (Å²) in [6.07, 6.45) is 0. The van der Waals surface area contributed by atoms with Gasteiger partial charge in [-0.15, -0.1) is 11.3 Å². The van der Waals surface area contributed by atoms with Gasteiger partial charge in [0.1, 0.15) is 4.60 Å². The van der Waals surface area contributed by atoms with Gasteiger partial charge in [-0.3, -0.25) is 4.79 Å². The number of carbonyl (C=O) groups is 1. The number of thiophene rings is 1. The highest BCUT2D eigenvalue weighted by Crippen LogP contribution is 2.22. The van der Waals surface area contributed by atoms with Crippen molar-refractivity contribution in [3.63, 3.8) is 0 Å². The first-order valence-electron chi connectivity index (χ1n) is 3.87. The summed E-state index contributed by atoms with van der Waals surface area (Å²) in [5.41, 5.74) is 1.78. The summed E-state index contributed by atoms with van der Waals surface area (Å²) >= 11 is 6.13. The predicted octanol–water partition coefficient (Wildman–Crippen LogP) is 3.51. The van der Waals surface area contributed by atoms with Gasteiger partial charge in [-0.2, -0.15) is 11.3 Å². The first kappa shape index (κ1) is 10.0. The smallest absolute Gasteiger partial charge is 0.222 e. The van der Waals surface area contributed by atoms with Crippen molar-refractivity contribution in [2.75, 3.05) is 0 Å². The van der Waals surface area contributed by atoms with Gasteiger partial charge >= 0.3 is 0 Å². The van der Waals surface area contributed by atoms with Crippen LogP contribution in [0.4, 0.5) is 0 Å². The minimum atomic E-state index is 0.0134. The number of nitrogens with zero attached hydrogens (tertiary/aromatic N) is 1. The molecule has 0 amide bonds. The van der Waals surface area contributed by atoms with Crippen molar-refractivity contribution < 1.29 is 4.79 Å². The fourth-order valence-corrected chi connectivity index (χ4v) is 3.10. The number of aromatic nitrogens is 1. The second kappa shape index (κ2) is 3.92. The van der Waals surface area contributed by atoms with E-state index in [1.165, 1.54) is 11.3 Å². The Morgan fingerprint density at radius 2 is 2.21 bits per heavy atom. The number of aryl methyl sites for hydroxylation is 1. The second-order valence-corrected chi connectivity index (χ2v) is 5.19. The first-order valence-corrected chi connectivity index (χ1v) is 6.48. The van der Waals surface area contributed by atoms with Crippen LogP contribution in [-0.2, 0) is 0 Å². The maximum atomic E-state index is 11.9. The van der Waals surface area contributed by atoms with E-state index < -0.39 is 0 Å². The van der Waals surface area contributed by atoms with Crippen molar-refractivity contribution in [3.05, 3.63) is 36.9 Å². The average molecular weight is 288 g/mol. The molecular weight excluding hydrogens is 282 g/mol. The van der Waals surface area contributed by atoms with Crippen molar-refractivity contribution in [2.45, 2.75) is 6.92 Å². The Balaban J connectivity index is 2.38. The molecule has 2 aromatic heterocycles. The molecular formula is C9H6BrNOS2. The van der Waals surface area contributed by atoms with Crippen molar-refractivity contribution >= 4 is 44.4 Å². The van der Waals surface area contributed by atoms with Crippen LogP contribution < -0.4 is 0 Å². The molecule has 0 N–H and O–H groups in total. The Labute approximate surface area is 97.7 Å². The minimum Gasteiger partial charge on any atom is -0.286 e. The molecule has 0 unspecified atom stereocenters. The van der Waals surface area contributed by atoms with Crippen LogP contribution in [0.15, 0.2) is 20.7 Å². The van der Waals surface area contributed by atoms with Gasteiger partial charge in [0, 0.05) is 16.3 Å². The third-order valence-electron chi connectivity index (χ3n) is 1.77. The summed E-state index contributed by atoms with van der Waals surface area (Å²) < 4.78 is 0.721. The molecule has 2 nitrogen and oxygen atoms in total. The third-order valence-corrected chi connectivity index (χ3v) is 4.18. The zero-order valence-corrected chi connectivity index (χ0v) is 10.5. The molecule has 0 aliphatic heterocycles. The highest BCUT2D eigenvalue weighted by molar-refractivity contribution is 9.10. The summed E-state index contributed by atoms with van der Waals surface area (Å²) in [4.78, 5) is 16.0. The van der Waals surface area contributed by atoms with E-state index in [0.29, 0.717) is 5.01 Å². The van der Waals surface area contributed by atoms with E-state index >= 15 is 0 Å². The van der Waals surface area contributed by atoms with E-state index in [-0.39, 0.29) is 5.78 Å². The van der Waals surface area contributed by atoms with Gasteiger partial charge in [0.2, 0.25) is 5.78 Å². The predicted molar refractivity (Wildman–Crippen MR) is 62.3 cm³/mol. The fourth-order valence-electron chi connectivity index (χ4n) is 1.07. The van der Waals surface area contributed by atoms with Gasteiger partial charge in [-0.1, -0.05) is 0 Å². The van der Waals surface area contributed by atoms with Gasteiger partial charge in [0.15, 0.2) is 5.01 Å².